The molecule has 0 bridgehead atoms. The SMILES string of the molecule is COc1c([C@H]2[C@H](n3cnc(=O)c(C(C)CO)c3C)O[C@@](C)(C(F)(F)F)[C@H]2C)ccc(F)c1F. The number of aliphatic hydroxyl groups is 1. The summed E-state index contributed by atoms with van der Waals surface area (Å²) >= 11 is 0. The van der Waals surface area contributed by atoms with E-state index in [0.717, 1.165) is 26.4 Å². The van der Waals surface area contributed by atoms with Crippen LogP contribution in [-0.4, -0.2) is 40.2 Å². The van der Waals surface area contributed by atoms with Crippen LogP contribution in [0.25, 0.3) is 0 Å². The maximum absolute atomic E-state index is 14.5. The highest BCUT2D eigenvalue weighted by atomic mass is 19.4. The van der Waals surface area contributed by atoms with E-state index in [1.54, 1.807) is 6.92 Å². The number of ether oxygens (including phenoxy) is 2. The summed E-state index contributed by atoms with van der Waals surface area (Å²) in [4.78, 5) is 16.1. The van der Waals surface area contributed by atoms with Crippen molar-refractivity contribution in [1.82, 2.24) is 9.55 Å². The first-order chi connectivity index (χ1) is 15.3. The summed E-state index contributed by atoms with van der Waals surface area (Å²) in [6.45, 7) is 4.89. The summed E-state index contributed by atoms with van der Waals surface area (Å²) in [5.74, 6) is -6.12. The summed E-state index contributed by atoms with van der Waals surface area (Å²) in [7, 11) is 1.09. The predicted octanol–water partition coefficient (Wildman–Crippen LogP) is 4.20. The lowest BCUT2D eigenvalue weighted by atomic mass is 9.78. The molecule has 182 valence electrons. The molecule has 11 heteroatoms. The van der Waals surface area contributed by atoms with Crippen LogP contribution in [0.1, 0.15) is 55.7 Å². The molecule has 2 heterocycles. The van der Waals surface area contributed by atoms with Crippen molar-refractivity contribution in [2.24, 2.45) is 5.92 Å². The Morgan fingerprint density at radius 3 is 2.52 bits per heavy atom. The lowest BCUT2D eigenvalue weighted by Crippen LogP contribution is -2.46. The minimum atomic E-state index is -4.80. The first-order valence-corrected chi connectivity index (χ1v) is 10.2. The van der Waals surface area contributed by atoms with Crippen LogP contribution in [0.3, 0.4) is 0 Å². The molecule has 0 radical (unpaired) electrons. The van der Waals surface area contributed by atoms with Crippen molar-refractivity contribution in [2.45, 2.75) is 57.5 Å². The molecule has 1 N–H and O–H groups in total. The minimum absolute atomic E-state index is 0.0169. The molecule has 5 atom stereocenters. The van der Waals surface area contributed by atoms with E-state index in [4.69, 9.17) is 9.47 Å². The molecular weight excluding hydrogens is 451 g/mol. The fraction of sp³-hybridized carbons (Fsp3) is 0.545. The van der Waals surface area contributed by atoms with Crippen molar-refractivity contribution >= 4 is 0 Å². The van der Waals surface area contributed by atoms with Gasteiger partial charge in [0.1, 0.15) is 12.6 Å². The van der Waals surface area contributed by atoms with Crippen LogP contribution in [0.2, 0.25) is 0 Å². The van der Waals surface area contributed by atoms with Gasteiger partial charge in [-0.3, -0.25) is 4.79 Å². The highest BCUT2D eigenvalue weighted by Gasteiger charge is 2.65. The molecule has 33 heavy (non-hydrogen) atoms. The number of rotatable bonds is 5. The average molecular weight is 476 g/mol. The summed E-state index contributed by atoms with van der Waals surface area (Å²) < 4.78 is 82.6. The molecule has 6 nitrogen and oxygen atoms in total. The van der Waals surface area contributed by atoms with Gasteiger partial charge in [0.05, 0.1) is 7.11 Å². The zero-order chi connectivity index (χ0) is 24.9. The molecule has 0 spiro atoms. The molecule has 2 aromatic rings. The lowest BCUT2D eigenvalue weighted by molar-refractivity contribution is -0.280. The van der Waals surface area contributed by atoms with E-state index in [-0.39, 0.29) is 23.4 Å². The Hall–Kier alpha value is -2.53. The van der Waals surface area contributed by atoms with Crippen LogP contribution in [0.15, 0.2) is 23.3 Å². The van der Waals surface area contributed by atoms with E-state index in [2.05, 4.69) is 4.98 Å². The van der Waals surface area contributed by atoms with Crippen molar-refractivity contribution in [3.05, 3.63) is 57.3 Å². The number of alkyl halides is 3. The molecule has 3 rings (SSSR count). The number of hydrogen-bond donors (Lipinski definition) is 1. The highest BCUT2D eigenvalue weighted by Crippen LogP contribution is 2.58. The van der Waals surface area contributed by atoms with Gasteiger partial charge in [0.2, 0.25) is 5.82 Å². The quantitative estimate of drug-likeness (QED) is 0.655. The van der Waals surface area contributed by atoms with Gasteiger partial charge in [-0.2, -0.15) is 22.5 Å². The third kappa shape index (κ3) is 3.90. The highest BCUT2D eigenvalue weighted by molar-refractivity contribution is 5.41. The van der Waals surface area contributed by atoms with Gasteiger partial charge in [-0.25, -0.2) is 4.39 Å². The number of halogens is 5. The second-order valence-corrected chi connectivity index (χ2v) is 8.45. The molecule has 1 aliphatic heterocycles. The standard InChI is InChI=1S/C22H25F5N2O4/c1-10(8-30)15-12(3)29(9-28-19(15)31)20-16(11(2)21(4,33-20)22(25,26)27)13-6-7-14(23)17(24)18(13)32-5/h6-7,9-11,16,20,30H,8H2,1-5H3/t10?,11-,16-,20+,21+/m0/s1. The maximum atomic E-state index is 14.5. The molecule has 1 fully saturated rings. The largest absolute Gasteiger partial charge is 0.493 e. The Kier molecular flexibility index (Phi) is 6.60. The number of benzene rings is 1. The zero-order valence-corrected chi connectivity index (χ0v) is 18.7. The van der Waals surface area contributed by atoms with Crippen LogP contribution in [0.4, 0.5) is 22.0 Å². The van der Waals surface area contributed by atoms with Gasteiger partial charge < -0.3 is 19.1 Å². The number of aromatic nitrogens is 2. The number of hydrogen-bond acceptors (Lipinski definition) is 5. The number of methoxy groups -OCH3 is 1. The Labute approximate surface area is 187 Å². The van der Waals surface area contributed by atoms with Crippen LogP contribution >= 0.6 is 0 Å². The minimum Gasteiger partial charge on any atom is -0.493 e. The average Bonchev–Trinajstić information content (AvgIpc) is 3.01. The van der Waals surface area contributed by atoms with E-state index in [1.165, 1.54) is 24.5 Å². The van der Waals surface area contributed by atoms with Crippen molar-refractivity contribution in [3.63, 3.8) is 0 Å². The number of aliphatic hydroxyl groups excluding tert-OH is 1. The summed E-state index contributed by atoms with van der Waals surface area (Å²) in [5, 5.41) is 9.53. The van der Waals surface area contributed by atoms with Crippen LogP contribution < -0.4 is 10.3 Å². The van der Waals surface area contributed by atoms with Gasteiger partial charge in [0.25, 0.3) is 5.56 Å². The van der Waals surface area contributed by atoms with E-state index in [0.29, 0.717) is 0 Å². The smallest absolute Gasteiger partial charge is 0.417 e. The van der Waals surface area contributed by atoms with E-state index >= 15 is 0 Å². The molecule has 0 saturated carbocycles. The molecular formula is C22H25F5N2O4. The molecule has 0 amide bonds. The van der Waals surface area contributed by atoms with Crippen LogP contribution in [0.5, 0.6) is 5.75 Å². The fourth-order valence-corrected chi connectivity index (χ4v) is 4.50. The van der Waals surface area contributed by atoms with E-state index in [9.17, 15) is 31.9 Å². The second kappa shape index (κ2) is 8.68. The Morgan fingerprint density at radius 1 is 1.33 bits per heavy atom. The lowest BCUT2D eigenvalue weighted by Gasteiger charge is -2.31. The van der Waals surface area contributed by atoms with Crippen molar-refractivity contribution < 1.29 is 36.5 Å². The van der Waals surface area contributed by atoms with E-state index in [1.807, 2.05) is 0 Å². The van der Waals surface area contributed by atoms with Crippen molar-refractivity contribution in [1.29, 1.82) is 0 Å². The second-order valence-electron chi connectivity index (χ2n) is 8.45. The van der Waals surface area contributed by atoms with Gasteiger partial charge in [-0.05, 0) is 19.9 Å². The number of nitrogens with zero attached hydrogens (tertiary/aromatic N) is 2. The normalized spacial score (nSPS) is 26.5. The topological polar surface area (TPSA) is 73.6 Å². The van der Waals surface area contributed by atoms with Gasteiger partial charge in [-0.1, -0.05) is 19.9 Å². The van der Waals surface area contributed by atoms with Crippen molar-refractivity contribution in [2.75, 3.05) is 13.7 Å². The van der Waals surface area contributed by atoms with Gasteiger partial charge in [-0.15, -0.1) is 0 Å². The third-order valence-electron chi connectivity index (χ3n) is 6.63. The van der Waals surface area contributed by atoms with Crippen molar-refractivity contribution in [3.8, 4) is 5.75 Å². The van der Waals surface area contributed by atoms with Gasteiger partial charge in [0.15, 0.2) is 17.2 Å². The molecule has 1 unspecified atom stereocenters. The molecule has 1 aliphatic rings. The Balaban J connectivity index is 2.30. The molecule has 0 aliphatic carbocycles. The predicted molar refractivity (Wildman–Crippen MR) is 108 cm³/mol. The maximum Gasteiger partial charge on any atom is 0.417 e. The summed E-state index contributed by atoms with van der Waals surface area (Å²) in [6.07, 6.45) is -5.13. The molecule has 1 aromatic heterocycles. The van der Waals surface area contributed by atoms with Crippen LogP contribution in [0, 0.1) is 24.5 Å². The Bertz CT molecular complexity index is 1100. The van der Waals surface area contributed by atoms with Gasteiger partial charge in [0, 0.05) is 41.2 Å². The van der Waals surface area contributed by atoms with Gasteiger partial charge >= 0.3 is 6.18 Å². The first kappa shape index (κ1) is 25.1. The molecule has 1 saturated heterocycles. The monoisotopic (exact) mass is 476 g/mol. The molecule has 1 aromatic carbocycles. The van der Waals surface area contributed by atoms with Crippen LogP contribution in [-0.2, 0) is 4.74 Å². The summed E-state index contributed by atoms with van der Waals surface area (Å²) in [6, 6.07) is 1.98. The fourth-order valence-electron chi connectivity index (χ4n) is 4.50. The summed E-state index contributed by atoms with van der Waals surface area (Å²) in [5.41, 5.74) is -2.94. The third-order valence-corrected chi connectivity index (χ3v) is 6.63. The van der Waals surface area contributed by atoms with E-state index < -0.39 is 58.7 Å². The zero-order valence-electron chi connectivity index (χ0n) is 18.7. The first-order valence-electron chi connectivity index (χ1n) is 10.2. The Morgan fingerprint density at radius 2 is 1.97 bits per heavy atom.